The number of thiophene rings is 1. The third-order valence-corrected chi connectivity index (χ3v) is 6.01. The summed E-state index contributed by atoms with van der Waals surface area (Å²) in [6.45, 7) is 3.83. The SMILES string of the molecule is Cc1ccsc1C(=O)N1CCC[C@H]1c1nnc2n1CCCCC2. The normalized spacial score (nSPS) is 21.3. The zero-order valence-electron chi connectivity index (χ0n) is 13.5. The molecule has 2 aliphatic heterocycles. The Morgan fingerprint density at radius 2 is 2.13 bits per heavy atom. The molecule has 1 amide bonds. The van der Waals surface area contributed by atoms with E-state index in [1.165, 1.54) is 19.3 Å². The lowest BCUT2D eigenvalue weighted by atomic mass is 10.2. The summed E-state index contributed by atoms with van der Waals surface area (Å²) >= 11 is 1.54. The van der Waals surface area contributed by atoms with E-state index in [9.17, 15) is 4.79 Å². The quantitative estimate of drug-likeness (QED) is 0.848. The highest BCUT2D eigenvalue weighted by molar-refractivity contribution is 7.12. The van der Waals surface area contributed by atoms with E-state index in [1.54, 1.807) is 11.3 Å². The first-order valence-corrected chi connectivity index (χ1v) is 9.40. The van der Waals surface area contributed by atoms with Crippen molar-refractivity contribution in [2.24, 2.45) is 0 Å². The summed E-state index contributed by atoms with van der Waals surface area (Å²) in [4.78, 5) is 15.8. The van der Waals surface area contributed by atoms with Gasteiger partial charge in [0.1, 0.15) is 5.82 Å². The molecule has 0 aliphatic carbocycles. The molecule has 2 aliphatic rings. The standard InChI is InChI=1S/C17H22N4OS/c1-12-8-11-23-15(12)17(22)20-10-5-6-13(20)16-19-18-14-7-3-2-4-9-21(14)16/h8,11,13H,2-7,9-10H2,1H3/t13-/m0/s1. The molecule has 4 rings (SSSR count). The minimum Gasteiger partial charge on any atom is -0.328 e. The van der Waals surface area contributed by atoms with Gasteiger partial charge in [-0.15, -0.1) is 21.5 Å². The topological polar surface area (TPSA) is 51.0 Å². The van der Waals surface area contributed by atoms with Gasteiger partial charge in [0.25, 0.3) is 5.91 Å². The lowest BCUT2D eigenvalue weighted by Gasteiger charge is -2.24. The van der Waals surface area contributed by atoms with Crippen LogP contribution in [0.15, 0.2) is 11.4 Å². The minimum atomic E-state index is 0.0864. The van der Waals surface area contributed by atoms with E-state index in [4.69, 9.17) is 0 Å². The summed E-state index contributed by atoms with van der Waals surface area (Å²) in [5.74, 6) is 2.26. The van der Waals surface area contributed by atoms with E-state index in [0.717, 1.165) is 54.4 Å². The molecule has 0 unspecified atom stereocenters. The molecule has 2 aromatic rings. The molecule has 1 fully saturated rings. The molecule has 0 N–H and O–H groups in total. The van der Waals surface area contributed by atoms with E-state index < -0.39 is 0 Å². The van der Waals surface area contributed by atoms with E-state index in [-0.39, 0.29) is 11.9 Å². The molecule has 1 atom stereocenters. The second-order valence-electron chi connectivity index (χ2n) is 6.53. The van der Waals surface area contributed by atoms with Gasteiger partial charge in [0, 0.05) is 19.5 Å². The van der Waals surface area contributed by atoms with Gasteiger partial charge in [-0.25, -0.2) is 0 Å². The molecule has 1 saturated heterocycles. The van der Waals surface area contributed by atoms with Crippen molar-refractivity contribution in [2.75, 3.05) is 6.54 Å². The fraction of sp³-hybridized carbons (Fsp3) is 0.588. The Hall–Kier alpha value is -1.69. The molecule has 4 heterocycles. The Balaban J connectivity index is 1.65. The van der Waals surface area contributed by atoms with Crippen LogP contribution in [-0.2, 0) is 13.0 Å². The molecular formula is C17H22N4OS. The summed E-state index contributed by atoms with van der Waals surface area (Å²) < 4.78 is 2.28. The van der Waals surface area contributed by atoms with E-state index in [1.807, 2.05) is 23.3 Å². The number of likely N-dealkylation sites (tertiary alicyclic amines) is 1. The minimum absolute atomic E-state index is 0.0864. The van der Waals surface area contributed by atoms with Crippen molar-refractivity contribution in [1.82, 2.24) is 19.7 Å². The highest BCUT2D eigenvalue weighted by Crippen LogP contribution is 2.34. The predicted molar refractivity (Wildman–Crippen MR) is 89.6 cm³/mol. The van der Waals surface area contributed by atoms with Crippen molar-refractivity contribution in [3.05, 3.63) is 33.5 Å². The molecule has 6 heteroatoms. The van der Waals surface area contributed by atoms with Gasteiger partial charge in [-0.3, -0.25) is 4.79 Å². The molecule has 0 spiro atoms. The molecule has 0 saturated carbocycles. The number of hydrogen-bond acceptors (Lipinski definition) is 4. The Kier molecular flexibility index (Phi) is 3.93. The number of amides is 1. The van der Waals surface area contributed by atoms with Crippen LogP contribution in [0.5, 0.6) is 0 Å². The second kappa shape index (κ2) is 6.07. The average molecular weight is 330 g/mol. The van der Waals surface area contributed by atoms with Crippen LogP contribution in [0.4, 0.5) is 0 Å². The maximum Gasteiger partial charge on any atom is 0.264 e. The monoisotopic (exact) mass is 330 g/mol. The van der Waals surface area contributed by atoms with Crippen molar-refractivity contribution in [3.63, 3.8) is 0 Å². The Morgan fingerprint density at radius 1 is 1.22 bits per heavy atom. The van der Waals surface area contributed by atoms with Crippen LogP contribution in [-0.4, -0.2) is 32.1 Å². The molecule has 0 radical (unpaired) electrons. The van der Waals surface area contributed by atoms with Gasteiger partial charge in [-0.2, -0.15) is 0 Å². The third-order valence-electron chi connectivity index (χ3n) is 5.01. The number of aromatic nitrogens is 3. The first-order chi connectivity index (χ1) is 11.3. The van der Waals surface area contributed by atoms with E-state index in [2.05, 4.69) is 14.8 Å². The van der Waals surface area contributed by atoms with Crippen LogP contribution in [0.1, 0.15) is 65.0 Å². The number of nitrogens with zero attached hydrogens (tertiary/aromatic N) is 4. The lowest BCUT2D eigenvalue weighted by molar-refractivity contribution is 0.0731. The maximum absolute atomic E-state index is 12.9. The van der Waals surface area contributed by atoms with Gasteiger partial charge in [-0.1, -0.05) is 6.42 Å². The zero-order valence-corrected chi connectivity index (χ0v) is 14.3. The number of fused-ring (bicyclic) bond motifs is 1. The number of aryl methyl sites for hydroxylation is 2. The number of hydrogen-bond donors (Lipinski definition) is 0. The Labute approximate surface area is 140 Å². The van der Waals surface area contributed by atoms with E-state index in [0.29, 0.717) is 0 Å². The van der Waals surface area contributed by atoms with Gasteiger partial charge < -0.3 is 9.47 Å². The molecule has 122 valence electrons. The largest absolute Gasteiger partial charge is 0.328 e. The van der Waals surface area contributed by atoms with Crippen LogP contribution >= 0.6 is 11.3 Å². The summed E-state index contributed by atoms with van der Waals surface area (Å²) in [5, 5.41) is 10.9. The predicted octanol–water partition coefficient (Wildman–Crippen LogP) is 3.35. The van der Waals surface area contributed by atoms with Gasteiger partial charge >= 0.3 is 0 Å². The van der Waals surface area contributed by atoms with Crippen LogP contribution in [0.25, 0.3) is 0 Å². The zero-order chi connectivity index (χ0) is 15.8. The Morgan fingerprint density at radius 3 is 2.96 bits per heavy atom. The van der Waals surface area contributed by atoms with Crippen LogP contribution in [0.3, 0.4) is 0 Å². The van der Waals surface area contributed by atoms with Crippen LogP contribution < -0.4 is 0 Å². The number of carbonyl (C=O) groups excluding carboxylic acids is 1. The average Bonchev–Trinajstić information content (AvgIpc) is 3.23. The highest BCUT2D eigenvalue weighted by Gasteiger charge is 2.35. The highest BCUT2D eigenvalue weighted by atomic mass is 32.1. The van der Waals surface area contributed by atoms with Gasteiger partial charge in [0.15, 0.2) is 5.82 Å². The van der Waals surface area contributed by atoms with Gasteiger partial charge in [0.2, 0.25) is 0 Å². The first-order valence-electron chi connectivity index (χ1n) is 8.53. The van der Waals surface area contributed by atoms with E-state index >= 15 is 0 Å². The summed E-state index contributed by atoms with van der Waals surface area (Å²) in [6, 6.07) is 2.11. The molecule has 0 aromatic carbocycles. The van der Waals surface area contributed by atoms with Gasteiger partial charge in [0.05, 0.1) is 10.9 Å². The number of rotatable bonds is 2. The van der Waals surface area contributed by atoms with Crippen molar-refractivity contribution >= 4 is 17.2 Å². The number of carbonyl (C=O) groups is 1. The van der Waals surface area contributed by atoms with Crippen molar-refractivity contribution in [3.8, 4) is 0 Å². The summed E-state index contributed by atoms with van der Waals surface area (Å²) in [5.41, 5.74) is 1.07. The molecule has 23 heavy (non-hydrogen) atoms. The molecule has 5 nitrogen and oxygen atoms in total. The molecule has 2 aromatic heterocycles. The Bertz CT molecular complexity index is 720. The van der Waals surface area contributed by atoms with Crippen molar-refractivity contribution < 1.29 is 4.79 Å². The fourth-order valence-electron chi connectivity index (χ4n) is 3.75. The first kappa shape index (κ1) is 14.9. The lowest BCUT2D eigenvalue weighted by Crippen LogP contribution is -2.32. The molecule has 0 bridgehead atoms. The van der Waals surface area contributed by atoms with Crippen LogP contribution in [0.2, 0.25) is 0 Å². The van der Waals surface area contributed by atoms with Crippen LogP contribution in [0, 0.1) is 6.92 Å². The van der Waals surface area contributed by atoms with Crippen molar-refractivity contribution in [1.29, 1.82) is 0 Å². The molecular weight excluding hydrogens is 308 g/mol. The summed E-state index contributed by atoms with van der Waals surface area (Å²) in [7, 11) is 0. The smallest absolute Gasteiger partial charge is 0.264 e. The van der Waals surface area contributed by atoms with Crippen molar-refractivity contribution in [2.45, 2.75) is 58.0 Å². The maximum atomic E-state index is 12.9. The summed E-state index contributed by atoms with van der Waals surface area (Å²) in [6.07, 6.45) is 6.68. The third kappa shape index (κ3) is 2.59. The fourth-order valence-corrected chi connectivity index (χ4v) is 4.63. The second-order valence-corrected chi connectivity index (χ2v) is 7.44. The van der Waals surface area contributed by atoms with Gasteiger partial charge in [-0.05, 0) is 49.6 Å².